The smallest absolute Gasteiger partial charge is 0.254 e. The molecule has 0 bridgehead atoms. The summed E-state index contributed by atoms with van der Waals surface area (Å²) in [6.07, 6.45) is 4.94. The minimum absolute atomic E-state index is 0.0743. The third-order valence-electron chi connectivity index (χ3n) is 5.15. The van der Waals surface area contributed by atoms with Gasteiger partial charge in [-0.1, -0.05) is 11.6 Å². The maximum Gasteiger partial charge on any atom is 0.254 e. The summed E-state index contributed by atoms with van der Waals surface area (Å²) in [5.41, 5.74) is 2.14. The molecule has 3 heterocycles. The van der Waals surface area contributed by atoms with Crippen LogP contribution in [0.15, 0.2) is 42.0 Å². The van der Waals surface area contributed by atoms with Crippen LogP contribution in [0.3, 0.4) is 0 Å². The van der Waals surface area contributed by atoms with E-state index in [0.29, 0.717) is 18.0 Å². The lowest BCUT2D eigenvalue weighted by Crippen LogP contribution is -2.52. The first-order chi connectivity index (χ1) is 13.6. The number of nitrogens with one attached hydrogen (secondary N) is 2. The molecule has 4 rings (SSSR count). The van der Waals surface area contributed by atoms with Gasteiger partial charge in [0, 0.05) is 23.3 Å². The average molecular weight is 398 g/mol. The van der Waals surface area contributed by atoms with Crippen LogP contribution in [-0.4, -0.2) is 40.9 Å². The number of rotatable bonds is 5. The van der Waals surface area contributed by atoms with Gasteiger partial charge in [0.15, 0.2) is 5.13 Å². The van der Waals surface area contributed by atoms with Crippen LogP contribution in [0.1, 0.15) is 18.4 Å². The van der Waals surface area contributed by atoms with E-state index in [1.165, 1.54) is 11.3 Å². The Balaban J connectivity index is 1.60. The molecule has 2 aromatic heterocycles. The summed E-state index contributed by atoms with van der Waals surface area (Å²) in [5, 5.41) is 13.2. The summed E-state index contributed by atoms with van der Waals surface area (Å²) < 4.78 is 7.24. The zero-order chi connectivity index (χ0) is 19.6. The Kier molecular flexibility index (Phi) is 5.15. The van der Waals surface area contributed by atoms with Gasteiger partial charge in [-0.15, -0.1) is 11.3 Å². The second-order valence-electron chi connectivity index (χ2n) is 6.93. The second-order valence-corrected chi connectivity index (χ2v) is 7.79. The highest BCUT2D eigenvalue weighted by atomic mass is 32.1. The van der Waals surface area contributed by atoms with Crippen LogP contribution >= 0.6 is 11.3 Å². The van der Waals surface area contributed by atoms with Crippen molar-refractivity contribution in [1.82, 2.24) is 20.1 Å². The van der Waals surface area contributed by atoms with Crippen molar-refractivity contribution in [2.45, 2.75) is 25.3 Å². The first kappa shape index (κ1) is 18.6. The number of hydrogen-bond donors (Lipinski definition) is 2. The van der Waals surface area contributed by atoms with Gasteiger partial charge in [-0.2, -0.15) is 5.10 Å². The van der Waals surface area contributed by atoms with Crippen LogP contribution in [0.2, 0.25) is 0 Å². The monoisotopic (exact) mass is 397 g/mol. The fourth-order valence-corrected chi connectivity index (χ4v) is 4.32. The lowest BCUT2D eigenvalue weighted by molar-refractivity contribution is -0.126. The summed E-state index contributed by atoms with van der Waals surface area (Å²) in [5.74, 6) is 0.690. The predicted molar refractivity (Wildman–Crippen MR) is 110 cm³/mol. The molecule has 0 unspecified atom stereocenters. The summed E-state index contributed by atoms with van der Waals surface area (Å²) in [7, 11) is 1.65. The number of amides is 1. The quantitative estimate of drug-likeness (QED) is 0.692. The third kappa shape index (κ3) is 3.41. The third-order valence-corrected chi connectivity index (χ3v) is 5.91. The molecule has 1 aliphatic heterocycles. The molecular formula is C20H23N5O2S. The van der Waals surface area contributed by atoms with E-state index >= 15 is 0 Å². The van der Waals surface area contributed by atoms with Gasteiger partial charge in [0.1, 0.15) is 11.3 Å². The standard InChI is InChI=1S/C20H23N5O2S/c1-14-4-5-17(27-2)15(12-14)16-13-28-19(23-16)24-18(26)20(6-9-21-10-7-20)25-11-3-8-22-25/h3-5,8,11-13,21H,6-7,9-10H2,1-2H3,(H,23,24,26). The molecule has 1 aromatic carbocycles. The average Bonchev–Trinajstić information content (AvgIpc) is 3.41. The number of hydrogen-bond acceptors (Lipinski definition) is 6. The number of aromatic nitrogens is 3. The summed E-state index contributed by atoms with van der Waals surface area (Å²) in [4.78, 5) is 17.9. The number of aryl methyl sites for hydroxylation is 1. The molecule has 0 atom stereocenters. The van der Waals surface area contributed by atoms with Crippen molar-refractivity contribution >= 4 is 22.4 Å². The molecule has 8 heteroatoms. The number of carbonyl (C=O) groups is 1. The highest BCUT2D eigenvalue weighted by Crippen LogP contribution is 2.34. The molecule has 1 aliphatic rings. The molecule has 3 aromatic rings. The SMILES string of the molecule is COc1ccc(C)cc1-c1csc(NC(=O)C2(n3cccn3)CCNCC2)n1. The first-order valence-electron chi connectivity index (χ1n) is 9.25. The van der Waals surface area contributed by atoms with Gasteiger partial charge in [-0.05, 0) is 51.1 Å². The van der Waals surface area contributed by atoms with Gasteiger partial charge >= 0.3 is 0 Å². The van der Waals surface area contributed by atoms with E-state index in [1.807, 2.05) is 42.8 Å². The molecule has 0 aliphatic carbocycles. The molecule has 2 N–H and O–H groups in total. The molecule has 1 saturated heterocycles. The van der Waals surface area contributed by atoms with Gasteiger partial charge in [-0.25, -0.2) is 4.98 Å². The number of carbonyl (C=O) groups excluding carboxylic acids is 1. The van der Waals surface area contributed by atoms with Crippen LogP contribution < -0.4 is 15.4 Å². The molecule has 146 valence electrons. The molecule has 0 radical (unpaired) electrons. The maximum absolute atomic E-state index is 13.3. The number of benzene rings is 1. The zero-order valence-electron chi connectivity index (χ0n) is 15.9. The number of ether oxygens (including phenoxy) is 1. The molecule has 0 saturated carbocycles. The minimum Gasteiger partial charge on any atom is -0.496 e. The van der Waals surface area contributed by atoms with E-state index in [1.54, 1.807) is 18.0 Å². The van der Waals surface area contributed by atoms with E-state index in [9.17, 15) is 4.79 Å². The number of thiazole rings is 1. The Bertz CT molecular complexity index is 961. The van der Waals surface area contributed by atoms with Crippen molar-refractivity contribution in [3.05, 3.63) is 47.6 Å². The number of methoxy groups -OCH3 is 1. The topological polar surface area (TPSA) is 81.1 Å². The molecule has 1 fully saturated rings. The van der Waals surface area contributed by atoms with Crippen LogP contribution in [0.5, 0.6) is 5.75 Å². The van der Waals surface area contributed by atoms with Crippen LogP contribution in [-0.2, 0) is 10.3 Å². The molecule has 7 nitrogen and oxygen atoms in total. The highest BCUT2D eigenvalue weighted by Gasteiger charge is 2.42. The molecule has 1 amide bonds. The molecule has 28 heavy (non-hydrogen) atoms. The predicted octanol–water partition coefficient (Wildman–Crippen LogP) is 3.04. The van der Waals surface area contributed by atoms with Gasteiger partial charge in [0.25, 0.3) is 5.91 Å². The fourth-order valence-electron chi connectivity index (χ4n) is 3.61. The van der Waals surface area contributed by atoms with Gasteiger partial charge in [-0.3, -0.25) is 14.8 Å². The van der Waals surface area contributed by atoms with E-state index in [-0.39, 0.29) is 5.91 Å². The summed E-state index contributed by atoms with van der Waals surface area (Å²) >= 11 is 1.41. The Morgan fingerprint density at radius 2 is 2.18 bits per heavy atom. The van der Waals surface area contributed by atoms with Gasteiger partial charge in [0.05, 0.1) is 12.8 Å². The van der Waals surface area contributed by atoms with Crippen LogP contribution in [0.25, 0.3) is 11.3 Å². The van der Waals surface area contributed by atoms with Crippen LogP contribution in [0, 0.1) is 6.92 Å². The number of piperidine rings is 1. The van der Waals surface area contributed by atoms with E-state index < -0.39 is 5.54 Å². The van der Waals surface area contributed by atoms with Crippen molar-refractivity contribution in [2.75, 3.05) is 25.5 Å². The highest BCUT2D eigenvalue weighted by molar-refractivity contribution is 7.14. The normalized spacial score (nSPS) is 15.9. The second kappa shape index (κ2) is 7.73. The van der Waals surface area contributed by atoms with Crippen molar-refractivity contribution in [3.8, 4) is 17.0 Å². The van der Waals surface area contributed by atoms with Crippen molar-refractivity contribution in [2.24, 2.45) is 0 Å². The number of anilines is 1. The van der Waals surface area contributed by atoms with Gasteiger partial charge < -0.3 is 10.1 Å². The Labute approximate surface area is 167 Å². The van der Waals surface area contributed by atoms with Crippen molar-refractivity contribution < 1.29 is 9.53 Å². The Morgan fingerprint density at radius 3 is 2.89 bits per heavy atom. The lowest BCUT2D eigenvalue weighted by atomic mass is 9.87. The Morgan fingerprint density at radius 1 is 1.36 bits per heavy atom. The van der Waals surface area contributed by atoms with Gasteiger partial charge in [0.2, 0.25) is 0 Å². The lowest BCUT2D eigenvalue weighted by Gasteiger charge is -2.36. The molecular weight excluding hydrogens is 374 g/mol. The molecule has 0 spiro atoms. The first-order valence-corrected chi connectivity index (χ1v) is 10.1. The van der Waals surface area contributed by atoms with E-state index in [2.05, 4.69) is 20.7 Å². The summed E-state index contributed by atoms with van der Waals surface area (Å²) in [6.45, 7) is 3.58. The Hall–Kier alpha value is -2.71. The van der Waals surface area contributed by atoms with E-state index in [0.717, 1.165) is 35.7 Å². The maximum atomic E-state index is 13.3. The largest absolute Gasteiger partial charge is 0.496 e. The summed E-state index contributed by atoms with van der Waals surface area (Å²) in [6, 6.07) is 7.83. The fraction of sp³-hybridized carbons (Fsp3) is 0.350. The van der Waals surface area contributed by atoms with Crippen molar-refractivity contribution in [1.29, 1.82) is 0 Å². The number of nitrogens with zero attached hydrogens (tertiary/aromatic N) is 3. The minimum atomic E-state index is -0.693. The van der Waals surface area contributed by atoms with E-state index in [4.69, 9.17) is 4.74 Å². The van der Waals surface area contributed by atoms with Crippen molar-refractivity contribution in [3.63, 3.8) is 0 Å². The zero-order valence-corrected chi connectivity index (χ0v) is 16.8. The van der Waals surface area contributed by atoms with Crippen LogP contribution in [0.4, 0.5) is 5.13 Å².